The molecule has 0 fully saturated rings. The van der Waals surface area contributed by atoms with Gasteiger partial charge in [0.15, 0.2) is 0 Å². The molecule has 1 aliphatic heterocycles. The average Bonchev–Trinajstić information content (AvgIpc) is 3.12. The van der Waals surface area contributed by atoms with E-state index in [0.717, 1.165) is 6.54 Å². The van der Waals surface area contributed by atoms with Crippen molar-refractivity contribution in [3.63, 3.8) is 0 Å². The van der Waals surface area contributed by atoms with E-state index in [2.05, 4.69) is 65.8 Å². The van der Waals surface area contributed by atoms with Crippen LogP contribution in [-0.2, 0) is 12.8 Å². The molecule has 0 aliphatic carbocycles. The van der Waals surface area contributed by atoms with E-state index in [1.165, 1.54) is 34.6 Å². The summed E-state index contributed by atoms with van der Waals surface area (Å²) in [5, 5.41) is 6.57. The molecule has 3 heteroatoms. The molecule has 0 saturated heterocycles. The predicted molar refractivity (Wildman–Crippen MR) is 89.9 cm³/mol. The van der Waals surface area contributed by atoms with Crippen LogP contribution in [0.4, 0.5) is 0 Å². The lowest BCUT2D eigenvalue weighted by Crippen LogP contribution is -2.38. The first kappa shape index (κ1) is 14.2. The number of benzene rings is 1. The van der Waals surface area contributed by atoms with Gasteiger partial charge in [0, 0.05) is 21.1 Å². The molecule has 106 valence electrons. The van der Waals surface area contributed by atoms with Gasteiger partial charge in [-0.3, -0.25) is 0 Å². The Morgan fingerprint density at radius 3 is 2.90 bits per heavy atom. The molecule has 2 aromatic rings. The van der Waals surface area contributed by atoms with Crippen LogP contribution in [0.3, 0.4) is 0 Å². The molecule has 2 unspecified atom stereocenters. The third-order valence-corrected chi connectivity index (χ3v) is 6.26. The summed E-state index contributed by atoms with van der Waals surface area (Å²) in [7, 11) is 0. The van der Waals surface area contributed by atoms with E-state index in [0.29, 0.717) is 11.3 Å². The number of nitrogens with one attached hydrogen (secondary N) is 1. The Bertz CT molecular complexity index is 511. The van der Waals surface area contributed by atoms with Crippen LogP contribution in [0.5, 0.6) is 0 Å². The summed E-state index contributed by atoms with van der Waals surface area (Å²) in [4.78, 5) is 2.99. The number of thiophene rings is 1. The van der Waals surface area contributed by atoms with Crippen molar-refractivity contribution in [1.82, 2.24) is 5.32 Å². The molecule has 1 nitrogen and oxygen atoms in total. The van der Waals surface area contributed by atoms with Gasteiger partial charge in [0.05, 0.1) is 0 Å². The van der Waals surface area contributed by atoms with Crippen molar-refractivity contribution in [3.8, 4) is 0 Å². The standard InChI is InChI=1S/C17H21NS2/c1-2-18-15(10-9-14-7-5-11-19-14)17-12-13-6-3-4-8-16(13)20-17/h3-8,11,15,17-18H,2,9-10,12H2,1H3. The maximum absolute atomic E-state index is 3.71. The molecule has 1 N–H and O–H groups in total. The summed E-state index contributed by atoms with van der Waals surface area (Å²) in [5.41, 5.74) is 1.53. The van der Waals surface area contributed by atoms with Crippen molar-refractivity contribution in [1.29, 1.82) is 0 Å². The largest absolute Gasteiger partial charge is 0.313 e. The lowest BCUT2D eigenvalue weighted by molar-refractivity contribution is 0.479. The third-order valence-electron chi connectivity index (χ3n) is 3.87. The van der Waals surface area contributed by atoms with Crippen LogP contribution in [-0.4, -0.2) is 17.8 Å². The predicted octanol–water partition coefficient (Wildman–Crippen LogP) is 4.38. The fraction of sp³-hybridized carbons (Fsp3) is 0.412. The van der Waals surface area contributed by atoms with E-state index in [1.807, 2.05) is 11.3 Å². The van der Waals surface area contributed by atoms with Crippen LogP contribution < -0.4 is 5.32 Å². The summed E-state index contributed by atoms with van der Waals surface area (Å²) < 4.78 is 0. The molecule has 0 spiro atoms. The Kier molecular flexibility index (Phi) is 4.81. The summed E-state index contributed by atoms with van der Waals surface area (Å²) >= 11 is 3.94. The Morgan fingerprint density at radius 2 is 2.15 bits per heavy atom. The first-order valence-corrected chi connectivity index (χ1v) is 9.13. The van der Waals surface area contributed by atoms with Crippen LogP contribution in [0.15, 0.2) is 46.7 Å². The molecule has 1 aliphatic rings. The first-order valence-electron chi connectivity index (χ1n) is 7.37. The van der Waals surface area contributed by atoms with Gasteiger partial charge in [-0.15, -0.1) is 23.1 Å². The van der Waals surface area contributed by atoms with Crippen molar-refractivity contribution in [2.45, 2.75) is 42.4 Å². The number of aryl methyl sites for hydroxylation is 1. The molecule has 0 bridgehead atoms. The van der Waals surface area contributed by atoms with E-state index in [4.69, 9.17) is 0 Å². The van der Waals surface area contributed by atoms with Crippen LogP contribution in [0.25, 0.3) is 0 Å². The Morgan fingerprint density at radius 1 is 1.25 bits per heavy atom. The van der Waals surface area contributed by atoms with Crippen molar-refractivity contribution >= 4 is 23.1 Å². The van der Waals surface area contributed by atoms with Crippen LogP contribution in [0.1, 0.15) is 23.8 Å². The molecule has 3 rings (SSSR count). The van der Waals surface area contributed by atoms with E-state index in [1.54, 1.807) is 0 Å². The molecule has 2 atom stereocenters. The van der Waals surface area contributed by atoms with Gasteiger partial charge in [-0.25, -0.2) is 0 Å². The van der Waals surface area contributed by atoms with Gasteiger partial charge in [-0.1, -0.05) is 31.2 Å². The molecule has 1 aromatic carbocycles. The number of rotatable bonds is 6. The number of hydrogen-bond donors (Lipinski definition) is 1. The van der Waals surface area contributed by atoms with Crippen LogP contribution in [0, 0.1) is 0 Å². The molecule has 0 saturated carbocycles. The summed E-state index contributed by atoms with van der Waals surface area (Å²) in [5.74, 6) is 0. The van der Waals surface area contributed by atoms with Gasteiger partial charge in [-0.05, 0) is 48.9 Å². The average molecular weight is 303 g/mol. The van der Waals surface area contributed by atoms with E-state index in [-0.39, 0.29) is 0 Å². The second-order valence-corrected chi connectivity index (χ2v) is 7.56. The first-order chi connectivity index (χ1) is 9.86. The zero-order chi connectivity index (χ0) is 13.8. The van der Waals surface area contributed by atoms with Crippen molar-refractivity contribution < 1.29 is 0 Å². The summed E-state index contributed by atoms with van der Waals surface area (Å²) in [6.07, 6.45) is 3.64. The van der Waals surface area contributed by atoms with Gasteiger partial charge in [0.25, 0.3) is 0 Å². The van der Waals surface area contributed by atoms with Gasteiger partial charge < -0.3 is 5.32 Å². The van der Waals surface area contributed by atoms with E-state index in [9.17, 15) is 0 Å². The highest BCUT2D eigenvalue weighted by Gasteiger charge is 2.28. The fourth-order valence-corrected chi connectivity index (χ4v) is 5.04. The molecule has 20 heavy (non-hydrogen) atoms. The third kappa shape index (κ3) is 3.27. The highest BCUT2D eigenvalue weighted by Crippen LogP contribution is 2.39. The van der Waals surface area contributed by atoms with Crippen molar-refractivity contribution in [3.05, 3.63) is 52.2 Å². The summed E-state index contributed by atoms with van der Waals surface area (Å²) in [6.45, 7) is 3.27. The minimum Gasteiger partial charge on any atom is -0.313 e. The fourth-order valence-electron chi connectivity index (χ4n) is 2.87. The molecular formula is C17H21NS2. The molecule has 1 aromatic heterocycles. The maximum Gasteiger partial charge on any atom is 0.0289 e. The quantitative estimate of drug-likeness (QED) is 0.850. The molecule has 0 radical (unpaired) electrons. The lowest BCUT2D eigenvalue weighted by Gasteiger charge is -2.23. The number of fused-ring (bicyclic) bond motifs is 1. The van der Waals surface area contributed by atoms with Gasteiger partial charge in [-0.2, -0.15) is 0 Å². The van der Waals surface area contributed by atoms with Gasteiger partial charge >= 0.3 is 0 Å². The second-order valence-electron chi connectivity index (χ2n) is 5.25. The maximum atomic E-state index is 3.71. The molecular weight excluding hydrogens is 282 g/mol. The lowest BCUT2D eigenvalue weighted by atomic mass is 10.0. The van der Waals surface area contributed by atoms with Crippen LogP contribution >= 0.6 is 23.1 Å². The van der Waals surface area contributed by atoms with E-state index >= 15 is 0 Å². The van der Waals surface area contributed by atoms with Gasteiger partial charge in [0.1, 0.15) is 0 Å². The summed E-state index contributed by atoms with van der Waals surface area (Å²) in [6, 6.07) is 13.9. The minimum atomic E-state index is 0.611. The second kappa shape index (κ2) is 6.79. The van der Waals surface area contributed by atoms with Crippen LogP contribution in [0.2, 0.25) is 0 Å². The molecule has 0 amide bonds. The zero-order valence-corrected chi connectivity index (χ0v) is 13.5. The minimum absolute atomic E-state index is 0.611. The smallest absolute Gasteiger partial charge is 0.0289 e. The Labute approximate surface area is 129 Å². The molecule has 2 heterocycles. The normalized spacial score (nSPS) is 18.9. The number of hydrogen-bond acceptors (Lipinski definition) is 3. The number of thioether (sulfide) groups is 1. The highest BCUT2D eigenvalue weighted by atomic mass is 32.2. The zero-order valence-electron chi connectivity index (χ0n) is 11.8. The highest BCUT2D eigenvalue weighted by molar-refractivity contribution is 8.00. The topological polar surface area (TPSA) is 12.0 Å². The van der Waals surface area contributed by atoms with Gasteiger partial charge in [0.2, 0.25) is 0 Å². The van der Waals surface area contributed by atoms with Crippen molar-refractivity contribution in [2.24, 2.45) is 0 Å². The Balaban J connectivity index is 1.63. The monoisotopic (exact) mass is 303 g/mol. The Hall–Kier alpha value is -0.770. The van der Waals surface area contributed by atoms with E-state index < -0.39 is 0 Å². The van der Waals surface area contributed by atoms with Crippen molar-refractivity contribution in [2.75, 3.05) is 6.54 Å². The SMILES string of the molecule is CCNC(CCc1cccs1)C1Cc2ccccc2S1.